The van der Waals surface area contributed by atoms with Gasteiger partial charge in [0, 0.05) is 11.5 Å². The summed E-state index contributed by atoms with van der Waals surface area (Å²) in [4.78, 5) is 0. The molecular formula is C14H20N2O. The molecule has 0 amide bonds. The van der Waals surface area contributed by atoms with Crippen LogP contribution >= 0.6 is 0 Å². The van der Waals surface area contributed by atoms with Gasteiger partial charge in [-0.25, -0.2) is 0 Å². The second kappa shape index (κ2) is 5.32. The first-order chi connectivity index (χ1) is 8.22. The van der Waals surface area contributed by atoms with Crippen LogP contribution in [0.25, 0.3) is 0 Å². The molecule has 1 saturated carbocycles. The molecule has 17 heavy (non-hydrogen) atoms. The fourth-order valence-electron chi connectivity index (χ4n) is 2.80. The van der Waals surface area contributed by atoms with Crippen molar-refractivity contribution in [3.8, 4) is 0 Å². The largest absolute Gasteiger partial charge is 0.396 e. The van der Waals surface area contributed by atoms with Gasteiger partial charge in [0.25, 0.3) is 0 Å². The molecule has 0 spiro atoms. The molecule has 4 N–H and O–H groups in total. The number of aliphatic hydroxyl groups excluding tert-OH is 1. The molecule has 3 nitrogen and oxygen atoms in total. The lowest BCUT2D eigenvalue weighted by Crippen LogP contribution is -2.15. The molecule has 1 fully saturated rings. The molecule has 2 rings (SSSR count). The summed E-state index contributed by atoms with van der Waals surface area (Å²) in [5.41, 5.74) is 7.35. The summed E-state index contributed by atoms with van der Waals surface area (Å²) in [6.45, 7) is 0.212. The van der Waals surface area contributed by atoms with Gasteiger partial charge < -0.3 is 10.8 Å². The van der Waals surface area contributed by atoms with Gasteiger partial charge >= 0.3 is 0 Å². The molecule has 3 heteroatoms. The fourth-order valence-corrected chi connectivity index (χ4v) is 2.80. The second-order valence-corrected chi connectivity index (χ2v) is 4.87. The van der Waals surface area contributed by atoms with Gasteiger partial charge in [0.2, 0.25) is 0 Å². The van der Waals surface area contributed by atoms with E-state index in [9.17, 15) is 5.11 Å². The van der Waals surface area contributed by atoms with Crippen molar-refractivity contribution < 1.29 is 5.11 Å². The Morgan fingerprint density at radius 1 is 1.29 bits per heavy atom. The Balaban J connectivity index is 2.16. The summed E-state index contributed by atoms with van der Waals surface area (Å²) >= 11 is 0. The number of hydrogen-bond acceptors (Lipinski definition) is 2. The maximum absolute atomic E-state index is 9.55. The monoisotopic (exact) mass is 232 g/mol. The highest BCUT2D eigenvalue weighted by Gasteiger charge is 2.25. The lowest BCUT2D eigenvalue weighted by atomic mass is 9.85. The van der Waals surface area contributed by atoms with Crippen LogP contribution in [0.15, 0.2) is 24.3 Å². The van der Waals surface area contributed by atoms with E-state index >= 15 is 0 Å². The van der Waals surface area contributed by atoms with E-state index in [1.807, 2.05) is 24.3 Å². The molecule has 1 aliphatic rings. The summed E-state index contributed by atoms with van der Waals surface area (Å²) in [7, 11) is 0. The average Bonchev–Trinajstić information content (AvgIpc) is 2.84. The lowest BCUT2D eigenvalue weighted by Gasteiger charge is -2.21. The van der Waals surface area contributed by atoms with Crippen LogP contribution in [0, 0.1) is 11.3 Å². The van der Waals surface area contributed by atoms with Crippen LogP contribution in [0.1, 0.15) is 42.7 Å². The third-order valence-corrected chi connectivity index (χ3v) is 3.82. The van der Waals surface area contributed by atoms with Gasteiger partial charge in [-0.3, -0.25) is 5.41 Å². The lowest BCUT2D eigenvalue weighted by molar-refractivity contribution is 0.226. The molecule has 0 aromatic heterocycles. The van der Waals surface area contributed by atoms with E-state index in [-0.39, 0.29) is 18.4 Å². The van der Waals surface area contributed by atoms with Crippen LogP contribution in [0.2, 0.25) is 0 Å². The number of aliphatic hydroxyl groups is 1. The molecule has 0 saturated heterocycles. The number of amidine groups is 1. The highest BCUT2D eigenvalue weighted by molar-refractivity contribution is 5.94. The predicted molar refractivity (Wildman–Crippen MR) is 69.2 cm³/mol. The normalized spacial score (nSPS) is 18.2. The van der Waals surface area contributed by atoms with Crippen molar-refractivity contribution in [3.63, 3.8) is 0 Å². The zero-order chi connectivity index (χ0) is 12.3. The Morgan fingerprint density at radius 3 is 2.35 bits per heavy atom. The third kappa shape index (κ3) is 2.67. The Kier molecular flexibility index (Phi) is 3.79. The van der Waals surface area contributed by atoms with Crippen molar-refractivity contribution in [1.29, 1.82) is 5.41 Å². The van der Waals surface area contributed by atoms with Gasteiger partial charge in [-0.2, -0.15) is 0 Å². The maximum atomic E-state index is 9.55. The molecule has 92 valence electrons. The number of benzene rings is 1. The predicted octanol–water partition coefficient (Wildman–Crippen LogP) is 2.24. The minimum absolute atomic E-state index is 0.0953. The van der Waals surface area contributed by atoms with Crippen molar-refractivity contribution >= 4 is 5.84 Å². The zero-order valence-corrected chi connectivity index (χ0v) is 10.0. The Morgan fingerprint density at radius 2 is 1.88 bits per heavy atom. The molecule has 0 radical (unpaired) electrons. The maximum Gasteiger partial charge on any atom is 0.122 e. The summed E-state index contributed by atoms with van der Waals surface area (Å²) in [5, 5.41) is 16.9. The minimum Gasteiger partial charge on any atom is -0.396 e. The van der Waals surface area contributed by atoms with Crippen molar-refractivity contribution in [2.75, 3.05) is 6.61 Å². The van der Waals surface area contributed by atoms with E-state index in [4.69, 9.17) is 11.1 Å². The zero-order valence-electron chi connectivity index (χ0n) is 10.0. The molecule has 0 bridgehead atoms. The first kappa shape index (κ1) is 12.1. The van der Waals surface area contributed by atoms with Crippen molar-refractivity contribution in [2.45, 2.75) is 31.6 Å². The Hall–Kier alpha value is -1.35. The molecular weight excluding hydrogens is 212 g/mol. The van der Waals surface area contributed by atoms with E-state index in [0.717, 1.165) is 5.56 Å². The second-order valence-electron chi connectivity index (χ2n) is 4.87. The van der Waals surface area contributed by atoms with Crippen LogP contribution in [-0.2, 0) is 0 Å². The molecule has 1 aliphatic carbocycles. The SMILES string of the molecule is N=C(N)c1ccc(C(CO)C2CCCC2)cc1. The Labute approximate surface area is 102 Å². The molecule has 0 heterocycles. The highest BCUT2D eigenvalue weighted by atomic mass is 16.3. The quantitative estimate of drug-likeness (QED) is 0.550. The average molecular weight is 232 g/mol. The minimum atomic E-state index is 0.0953. The van der Waals surface area contributed by atoms with Crippen LogP contribution in [0.5, 0.6) is 0 Å². The van der Waals surface area contributed by atoms with Crippen LogP contribution in [-0.4, -0.2) is 17.5 Å². The van der Waals surface area contributed by atoms with Crippen LogP contribution < -0.4 is 5.73 Å². The van der Waals surface area contributed by atoms with Crippen molar-refractivity contribution in [2.24, 2.45) is 11.7 Å². The Bertz CT molecular complexity index is 380. The van der Waals surface area contributed by atoms with Crippen molar-refractivity contribution in [3.05, 3.63) is 35.4 Å². The van der Waals surface area contributed by atoms with Gasteiger partial charge in [0.1, 0.15) is 5.84 Å². The summed E-state index contributed by atoms with van der Waals surface area (Å²) in [6, 6.07) is 7.73. The van der Waals surface area contributed by atoms with Crippen LogP contribution in [0.3, 0.4) is 0 Å². The van der Waals surface area contributed by atoms with Gasteiger partial charge in [0.15, 0.2) is 0 Å². The molecule has 1 aromatic rings. The number of nitrogens with one attached hydrogen (secondary N) is 1. The van der Waals surface area contributed by atoms with Crippen molar-refractivity contribution in [1.82, 2.24) is 0 Å². The molecule has 1 aromatic carbocycles. The van der Waals surface area contributed by atoms with E-state index in [2.05, 4.69) is 0 Å². The van der Waals surface area contributed by atoms with E-state index in [1.54, 1.807) is 0 Å². The van der Waals surface area contributed by atoms with Gasteiger partial charge in [-0.15, -0.1) is 0 Å². The van der Waals surface area contributed by atoms with Crippen LogP contribution in [0.4, 0.5) is 0 Å². The molecule has 1 atom stereocenters. The molecule has 1 unspecified atom stereocenters. The summed E-state index contributed by atoms with van der Waals surface area (Å²) < 4.78 is 0. The summed E-state index contributed by atoms with van der Waals surface area (Å²) in [6.07, 6.45) is 5.01. The van der Waals surface area contributed by atoms with E-state index < -0.39 is 0 Å². The van der Waals surface area contributed by atoms with E-state index in [1.165, 1.54) is 31.2 Å². The smallest absolute Gasteiger partial charge is 0.122 e. The van der Waals surface area contributed by atoms with Gasteiger partial charge in [0.05, 0.1) is 6.61 Å². The number of rotatable bonds is 4. The first-order valence-electron chi connectivity index (χ1n) is 6.27. The number of hydrogen-bond donors (Lipinski definition) is 3. The molecule has 0 aliphatic heterocycles. The number of nitrogen functional groups attached to an aromatic ring is 1. The number of nitrogens with two attached hydrogens (primary N) is 1. The highest BCUT2D eigenvalue weighted by Crippen LogP contribution is 2.36. The topological polar surface area (TPSA) is 70.1 Å². The first-order valence-corrected chi connectivity index (χ1v) is 6.27. The standard InChI is InChI=1S/C14H20N2O/c15-14(16)12-7-5-11(6-8-12)13(9-17)10-3-1-2-4-10/h5-8,10,13,17H,1-4,9H2,(H3,15,16). The summed E-state index contributed by atoms with van der Waals surface area (Å²) in [5.74, 6) is 0.958. The van der Waals surface area contributed by atoms with Gasteiger partial charge in [-0.1, -0.05) is 37.1 Å². The third-order valence-electron chi connectivity index (χ3n) is 3.82. The fraction of sp³-hybridized carbons (Fsp3) is 0.500. The van der Waals surface area contributed by atoms with Gasteiger partial charge in [-0.05, 0) is 24.3 Å². The van der Waals surface area contributed by atoms with E-state index in [0.29, 0.717) is 5.92 Å².